The van der Waals surface area contributed by atoms with Gasteiger partial charge in [0.2, 0.25) is 5.95 Å². The van der Waals surface area contributed by atoms with Crippen molar-refractivity contribution in [3.05, 3.63) is 105 Å². The second-order valence-electron chi connectivity index (χ2n) is 8.33. The van der Waals surface area contributed by atoms with E-state index >= 15 is 0 Å². The SMILES string of the molecule is C=CCn1c(N(Cc2ccccc2)Cc2ccccc2)nc2sc3c(c2c1=O)CCCC3. The summed E-state index contributed by atoms with van der Waals surface area (Å²) in [6, 6.07) is 20.7. The van der Waals surface area contributed by atoms with Gasteiger partial charge >= 0.3 is 0 Å². The van der Waals surface area contributed by atoms with Crippen molar-refractivity contribution in [2.45, 2.75) is 45.3 Å². The van der Waals surface area contributed by atoms with Crippen molar-refractivity contribution >= 4 is 27.5 Å². The molecule has 0 saturated heterocycles. The van der Waals surface area contributed by atoms with Crippen LogP contribution in [0, 0.1) is 0 Å². The molecule has 4 aromatic rings. The Bertz CT molecular complexity index is 1250. The van der Waals surface area contributed by atoms with Gasteiger partial charge in [-0.05, 0) is 42.4 Å². The molecule has 32 heavy (non-hydrogen) atoms. The van der Waals surface area contributed by atoms with Gasteiger partial charge in [-0.2, -0.15) is 0 Å². The topological polar surface area (TPSA) is 38.1 Å². The number of anilines is 1. The molecule has 0 bridgehead atoms. The van der Waals surface area contributed by atoms with E-state index in [0.717, 1.165) is 29.5 Å². The van der Waals surface area contributed by atoms with Gasteiger partial charge in [0, 0.05) is 24.5 Å². The third kappa shape index (κ3) is 4.00. The van der Waals surface area contributed by atoms with Crippen LogP contribution in [0.2, 0.25) is 0 Å². The molecule has 5 heteroatoms. The molecule has 0 amide bonds. The molecule has 0 unspecified atom stereocenters. The Labute approximate surface area is 192 Å². The van der Waals surface area contributed by atoms with Gasteiger partial charge in [-0.25, -0.2) is 4.98 Å². The van der Waals surface area contributed by atoms with Crippen LogP contribution in [0.5, 0.6) is 0 Å². The maximum absolute atomic E-state index is 13.7. The van der Waals surface area contributed by atoms with Gasteiger partial charge in [-0.1, -0.05) is 66.7 Å². The van der Waals surface area contributed by atoms with E-state index in [1.54, 1.807) is 17.4 Å². The average molecular weight is 442 g/mol. The van der Waals surface area contributed by atoms with Crippen LogP contribution >= 0.6 is 11.3 Å². The summed E-state index contributed by atoms with van der Waals surface area (Å²) in [5, 5.41) is 0.828. The first-order valence-corrected chi connectivity index (χ1v) is 12.0. The summed E-state index contributed by atoms with van der Waals surface area (Å²) >= 11 is 1.71. The lowest BCUT2D eigenvalue weighted by Crippen LogP contribution is -2.32. The van der Waals surface area contributed by atoms with E-state index in [-0.39, 0.29) is 5.56 Å². The molecule has 0 aliphatic heterocycles. The predicted molar refractivity (Wildman–Crippen MR) is 133 cm³/mol. The van der Waals surface area contributed by atoms with Crippen LogP contribution in [0.15, 0.2) is 78.1 Å². The normalized spacial score (nSPS) is 13.1. The van der Waals surface area contributed by atoms with Crippen molar-refractivity contribution in [1.82, 2.24) is 9.55 Å². The van der Waals surface area contributed by atoms with Crippen molar-refractivity contribution < 1.29 is 0 Å². The zero-order valence-electron chi connectivity index (χ0n) is 18.2. The van der Waals surface area contributed by atoms with Crippen molar-refractivity contribution in [2.24, 2.45) is 0 Å². The molecule has 0 saturated carbocycles. The first-order valence-electron chi connectivity index (χ1n) is 11.2. The van der Waals surface area contributed by atoms with E-state index < -0.39 is 0 Å². The Morgan fingerprint density at radius 2 is 1.59 bits per heavy atom. The van der Waals surface area contributed by atoms with E-state index in [4.69, 9.17) is 4.98 Å². The van der Waals surface area contributed by atoms with E-state index in [9.17, 15) is 4.79 Å². The van der Waals surface area contributed by atoms with Crippen LogP contribution in [-0.2, 0) is 32.5 Å². The van der Waals surface area contributed by atoms with Gasteiger partial charge < -0.3 is 4.90 Å². The maximum atomic E-state index is 13.7. The van der Waals surface area contributed by atoms with Gasteiger partial charge in [-0.15, -0.1) is 17.9 Å². The first kappa shape index (κ1) is 20.7. The third-order valence-electron chi connectivity index (χ3n) is 6.08. The number of hydrogen-bond acceptors (Lipinski definition) is 4. The Morgan fingerprint density at radius 3 is 2.22 bits per heavy atom. The van der Waals surface area contributed by atoms with Crippen LogP contribution in [0.4, 0.5) is 5.95 Å². The fourth-order valence-electron chi connectivity index (χ4n) is 4.57. The van der Waals surface area contributed by atoms with Gasteiger partial charge in [0.25, 0.3) is 5.56 Å². The fraction of sp³-hybridized carbons (Fsp3) is 0.259. The van der Waals surface area contributed by atoms with E-state index in [1.165, 1.54) is 28.0 Å². The third-order valence-corrected chi connectivity index (χ3v) is 7.27. The lowest BCUT2D eigenvalue weighted by molar-refractivity contribution is 0.679. The summed E-state index contributed by atoms with van der Waals surface area (Å²) in [5.41, 5.74) is 3.67. The second kappa shape index (κ2) is 9.13. The molecule has 1 aliphatic rings. The van der Waals surface area contributed by atoms with Crippen LogP contribution in [0.25, 0.3) is 10.2 Å². The minimum absolute atomic E-state index is 0.0652. The number of hydrogen-bond donors (Lipinski definition) is 0. The lowest BCUT2D eigenvalue weighted by atomic mass is 9.97. The number of rotatable bonds is 7. The Hall–Kier alpha value is -3.18. The van der Waals surface area contributed by atoms with E-state index in [0.29, 0.717) is 25.6 Å². The van der Waals surface area contributed by atoms with Gasteiger partial charge in [0.1, 0.15) is 4.83 Å². The van der Waals surface area contributed by atoms with E-state index in [1.807, 2.05) is 16.7 Å². The number of aromatic nitrogens is 2. The summed E-state index contributed by atoms with van der Waals surface area (Å²) in [6.07, 6.45) is 6.18. The molecule has 0 fully saturated rings. The van der Waals surface area contributed by atoms with Gasteiger partial charge in [0.05, 0.1) is 5.39 Å². The molecule has 4 nitrogen and oxygen atoms in total. The summed E-state index contributed by atoms with van der Waals surface area (Å²) in [5.74, 6) is 0.716. The Morgan fingerprint density at radius 1 is 0.969 bits per heavy atom. The van der Waals surface area contributed by atoms with Crippen LogP contribution in [-0.4, -0.2) is 9.55 Å². The molecular weight excluding hydrogens is 414 g/mol. The first-order chi connectivity index (χ1) is 15.7. The number of allylic oxidation sites excluding steroid dienone is 1. The summed E-state index contributed by atoms with van der Waals surface area (Å²) < 4.78 is 1.81. The number of fused-ring (bicyclic) bond motifs is 3. The number of nitrogens with zero attached hydrogens (tertiary/aromatic N) is 3. The zero-order valence-corrected chi connectivity index (χ0v) is 19.0. The molecule has 1 aliphatic carbocycles. The highest BCUT2D eigenvalue weighted by Gasteiger charge is 2.24. The molecule has 2 heterocycles. The number of aryl methyl sites for hydroxylation is 2. The van der Waals surface area contributed by atoms with Crippen molar-refractivity contribution in [3.8, 4) is 0 Å². The largest absolute Gasteiger partial charge is 0.333 e. The van der Waals surface area contributed by atoms with Crippen molar-refractivity contribution in [1.29, 1.82) is 0 Å². The van der Waals surface area contributed by atoms with Crippen molar-refractivity contribution in [3.63, 3.8) is 0 Å². The zero-order chi connectivity index (χ0) is 21.9. The minimum Gasteiger partial charge on any atom is -0.333 e. The quantitative estimate of drug-likeness (QED) is 0.344. The molecule has 2 aromatic carbocycles. The molecule has 2 aromatic heterocycles. The molecule has 0 spiro atoms. The highest BCUT2D eigenvalue weighted by molar-refractivity contribution is 7.18. The lowest BCUT2D eigenvalue weighted by Gasteiger charge is -2.26. The molecule has 5 rings (SSSR count). The predicted octanol–water partition coefficient (Wildman–Crippen LogP) is 5.73. The van der Waals surface area contributed by atoms with Gasteiger partial charge in [0.15, 0.2) is 0 Å². The smallest absolute Gasteiger partial charge is 0.264 e. The highest BCUT2D eigenvalue weighted by atomic mass is 32.1. The number of benzene rings is 2. The summed E-state index contributed by atoms with van der Waals surface area (Å²) in [7, 11) is 0. The molecular formula is C27H27N3OS. The second-order valence-corrected chi connectivity index (χ2v) is 9.42. The fourth-order valence-corrected chi connectivity index (χ4v) is 5.81. The molecule has 0 N–H and O–H groups in total. The monoisotopic (exact) mass is 441 g/mol. The molecule has 162 valence electrons. The van der Waals surface area contributed by atoms with E-state index in [2.05, 4.69) is 60.0 Å². The Kier molecular flexibility index (Phi) is 5.91. The van der Waals surface area contributed by atoms with Crippen LogP contribution in [0.3, 0.4) is 0 Å². The van der Waals surface area contributed by atoms with Crippen LogP contribution in [0.1, 0.15) is 34.4 Å². The number of thiophene rings is 1. The highest BCUT2D eigenvalue weighted by Crippen LogP contribution is 2.35. The molecule has 0 radical (unpaired) electrons. The molecule has 0 atom stereocenters. The minimum atomic E-state index is 0.0652. The van der Waals surface area contributed by atoms with Gasteiger partial charge in [-0.3, -0.25) is 9.36 Å². The maximum Gasteiger partial charge on any atom is 0.264 e. The summed E-state index contributed by atoms with van der Waals surface area (Å²) in [4.78, 5) is 23.3. The van der Waals surface area contributed by atoms with Crippen LogP contribution < -0.4 is 10.5 Å². The average Bonchev–Trinajstić information content (AvgIpc) is 3.20. The van der Waals surface area contributed by atoms with Crippen molar-refractivity contribution in [2.75, 3.05) is 4.90 Å². The Balaban J connectivity index is 1.67. The standard InChI is InChI=1S/C27H27N3OS/c1-2-17-30-26(31)24-22-15-9-10-16-23(22)32-25(24)28-27(30)29(18-20-11-5-3-6-12-20)19-21-13-7-4-8-14-21/h2-8,11-14H,1,9-10,15-19H2. The summed E-state index contributed by atoms with van der Waals surface area (Å²) in [6.45, 7) is 5.72.